The Morgan fingerprint density at radius 2 is 1.91 bits per heavy atom. The van der Waals surface area contributed by atoms with Crippen molar-refractivity contribution in [1.29, 1.82) is 0 Å². The number of hydrogen-bond acceptors (Lipinski definition) is 5. The number of amides is 1. The van der Waals surface area contributed by atoms with Crippen LogP contribution in [0.1, 0.15) is 16.1 Å². The number of aryl methyl sites for hydroxylation is 1. The molecule has 0 saturated carbocycles. The van der Waals surface area contributed by atoms with Gasteiger partial charge in [-0.3, -0.25) is 4.79 Å². The number of hydrogen-bond donors (Lipinski definition) is 0. The van der Waals surface area contributed by atoms with Crippen LogP contribution in [0.3, 0.4) is 0 Å². The van der Waals surface area contributed by atoms with Crippen molar-refractivity contribution in [2.75, 3.05) is 11.9 Å². The monoisotopic (exact) mass is 312 g/mol. The van der Waals surface area contributed by atoms with E-state index in [2.05, 4.69) is 15.4 Å². The fourth-order valence-corrected chi connectivity index (χ4v) is 2.20. The minimum Gasteiger partial charge on any atom is -0.360 e. The normalized spacial score (nSPS) is 10.6. The van der Waals surface area contributed by atoms with Crippen LogP contribution < -0.4 is 4.90 Å². The van der Waals surface area contributed by atoms with Gasteiger partial charge in [-0.2, -0.15) is 10.2 Å². The van der Waals surface area contributed by atoms with E-state index in [1.54, 1.807) is 32.2 Å². The molecule has 3 rings (SSSR count). The van der Waals surface area contributed by atoms with Crippen molar-refractivity contribution in [3.05, 3.63) is 59.9 Å². The maximum Gasteiger partial charge on any atom is 0.263 e. The van der Waals surface area contributed by atoms with Crippen molar-refractivity contribution in [3.63, 3.8) is 0 Å². The lowest BCUT2D eigenvalue weighted by molar-refractivity contribution is 0.0992. The average Bonchev–Trinajstić information content (AvgIpc) is 2.96. The van der Waals surface area contributed by atoms with Crippen LogP contribution in [0, 0.1) is 12.7 Å². The van der Waals surface area contributed by atoms with Gasteiger partial charge in [0.2, 0.25) is 0 Å². The number of nitrogens with zero attached hydrogens (tertiary/aromatic N) is 4. The van der Waals surface area contributed by atoms with E-state index in [9.17, 15) is 9.18 Å². The number of anilines is 1. The van der Waals surface area contributed by atoms with E-state index in [0.717, 1.165) is 0 Å². The first-order chi connectivity index (χ1) is 11.1. The molecule has 0 aliphatic heterocycles. The van der Waals surface area contributed by atoms with Gasteiger partial charge in [-0.1, -0.05) is 5.16 Å². The molecule has 0 radical (unpaired) electrons. The van der Waals surface area contributed by atoms with E-state index in [1.165, 1.54) is 29.4 Å². The van der Waals surface area contributed by atoms with E-state index < -0.39 is 0 Å². The van der Waals surface area contributed by atoms with Crippen molar-refractivity contribution >= 4 is 11.6 Å². The fourth-order valence-electron chi connectivity index (χ4n) is 2.20. The zero-order chi connectivity index (χ0) is 16.4. The van der Waals surface area contributed by atoms with Gasteiger partial charge in [0.15, 0.2) is 0 Å². The van der Waals surface area contributed by atoms with Gasteiger partial charge in [0.25, 0.3) is 5.91 Å². The first-order valence-corrected chi connectivity index (χ1v) is 6.85. The summed E-state index contributed by atoms with van der Waals surface area (Å²) in [7, 11) is 1.63. The van der Waals surface area contributed by atoms with E-state index in [-0.39, 0.29) is 11.7 Å². The fraction of sp³-hybridized carbons (Fsp3) is 0.125. The number of carbonyl (C=O) groups excluding carboxylic acids is 1. The third kappa shape index (κ3) is 2.80. The molecule has 2 heterocycles. The Balaban J connectivity index is 2.01. The number of halogens is 1. The van der Waals surface area contributed by atoms with Gasteiger partial charge in [0, 0.05) is 12.6 Å². The molecule has 0 N–H and O–H groups in total. The number of carbonyl (C=O) groups is 1. The molecule has 1 amide bonds. The molecule has 0 saturated heterocycles. The first kappa shape index (κ1) is 14.8. The van der Waals surface area contributed by atoms with Crippen LogP contribution in [0.2, 0.25) is 0 Å². The summed E-state index contributed by atoms with van der Waals surface area (Å²) in [6.45, 7) is 1.66. The second-order valence-corrected chi connectivity index (χ2v) is 4.93. The lowest BCUT2D eigenvalue weighted by Gasteiger charge is -2.16. The smallest absolute Gasteiger partial charge is 0.263 e. The Morgan fingerprint density at radius 1 is 1.17 bits per heavy atom. The SMILES string of the molecule is Cc1onc(-c2ccc(F)cc2)c1C(=O)N(C)c1ccnnc1. The third-order valence-electron chi connectivity index (χ3n) is 3.45. The Labute approximate surface area is 131 Å². The number of rotatable bonds is 3. The van der Waals surface area contributed by atoms with Crippen LogP contribution in [0.15, 0.2) is 47.2 Å². The maximum atomic E-state index is 13.1. The molecule has 3 aromatic rings. The topological polar surface area (TPSA) is 72.1 Å². The lowest BCUT2D eigenvalue weighted by Crippen LogP contribution is -2.27. The van der Waals surface area contributed by atoms with Crippen molar-refractivity contribution < 1.29 is 13.7 Å². The molecule has 0 aliphatic rings. The first-order valence-electron chi connectivity index (χ1n) is 6.85. The molecule has 1 aromatic carbocycles. The molecule has 6 nitrogen and oxygen atoms in total. The van der Waals surface area contributed by atoms with Crippen LogP contribution in [0.5, 0.6) is 0 Å². The predicted molar refractivity (Wildman–Crippen MR) is 81.4 cm³/mol. The van der Waals surface area contributed by atoms with E-state index in [0.29, 0.717) is 28.3 Å². The van der Waals surface area contributed by atoms with Crippen LogP contribution >= 0.6 is 0 Å². The summed E-state index contributed by atoms with van der Waals surface area (Å²) < 4.78 is 18.3. The van der Waals surface area contributed by atoms with Crippen LogP contribution in [-0.2, 0) is 0 Å². The Kier molecular flexibility index (Phi) is 3.84. The molecule has 0 bridgehead atoms. The Morgan fingerprint density at radius 3 is 2.57 bits per heavy atom. The van der Waals surface area contributed by atoms with Crippen LogP contribution in [-0.4, -0.2) is 28.3 Å². The summed E-state index contributed by atoms with van der Waals surface area (Å²) >= 11 is 0. The lowest BCUT2D eigenvalue weighted by atomic mass is 10.1. The standard InChI is InChI=1S/C16H13FN4O2/c1-10-14(16(22)21(2)13-7-8-18-19-9-13)15(20-23-10)11-3-5-12(17)6-4-11/h3-9H,1-2H3. The Bertz CT molecular complexity index is 831. The molecular formula is C16H13FN4O2. The van der Waals surface area contributed by atoms with Gasteiger partial charge >= 0.3 is 0 Å². The number of aromatic nitrogens is 3. The highest BCUT2D eigenvalue weighted by Gasteiger charge is 2.25. The molecule has 0 aliphatic carbocycles. The van der Waals surface area contributed by atoms with Crippen molar-refractivity contribution in [3.8, 4) is 11.3 Å². The molecule has 0 atom stereocenters. The van der Waals surface area contributed by atoms with E-state index in [1.807, 2.05) is 0 Å². The predicted octanol–water partition coefficient (Wildman–Crippen LogP) is 2.86. The maximum absolute atomic E-state index is 13.1. The minimum absolute atomic E-state index is 0.295. The highest BCUT2D eigenvalue weighted by atomic mass is 19.1. The van der Waals surface area contributed by atoms with Crippen molar-refractivity contribution in [2.45, 2.75) is 6.92 Å². The molecule has 0 unspecified atom stereocenters. The molecule has 2 aromatic heterocycles. The summed E-state index contributed by atoms with van der Waals surface area (Å²) in [5.41, 5.74) is 1.90. The van der Waals surface area contributed by atoms with Crippen molar-refractivity contribution in [2.24, 2.45) is 0 Å². The summed E-state index contributed by atoms with van der Waals surface area (Å²) in [5.74, 6) is -0.263. The highest BCUT2D eigenvalue weighted by Crippen LogP contribution is 2.27. The minimum atomic E-state index is -0.359. The third-order valence-corrected chi connectivity index (χ3v) is 3.45. The van der Waals surface area contributed by atoms with Crippen LogP contribution in [0.4, 0.5) is 10.1 Å². The van der Waals surface area contributed by atoms with Gasteiger partial charge < -0.3 is 9.42 Å². The van der Waals surface area contributed by atoms with Crippen molar-refractivity contribution in [1.82, 2.24) is 15.4 Å². The molecule has 7 heteroatoms. The van der Waals surface area contributed by atoms with Gasteiger partial charge in [0.05, 0.1) is 18.1 Å². The molecular weight excluding hydrogens is 299 g/mol. The van der Waals surface area contributed by atoms with E-state index >= 15 is 0 Å². The van der Waals surface area contributed by atoms with Gasteiger partial charge in [-0.15, -0.1) is 0 Å². The van der Waals surface area contributed by atoms with E-state index in [4.69, 9.17) is 4.52 Å². The quantitative estimate of drug-likeness (QED) is 0.743. The van der Waals surface area contributed by atoms with Gasteiger partial charge in [0.1, 0.15) is 22.8 Å². The zero-order valence-corrected chi connectivity index (χ0v) is 12.5. The van der Waals surface area contributed by atoms with Gasteiger partial charge in [-0.25, -0.2) is 4.39 Å². The summed E-state index contributed by atoms with van der Waals surface area (Å²) in [5, 5.41) is 11.4. The number of benzene rings is 1. The second-order valence-electron chi connectivity index (χ2n) is 4.93. The average molecular weight is 312 g/mol. The zero-order valence-electron chi connectivity index (χ0n) is 12.5. The molecule has 0 fully saturated rings. The largest absolute Gasteiger partial charge is 0.360 e. The molecule has 23 heavy (non-hydrogen) atoms. The second kappa shape index (κ2) is 5.96. The summed E-state index contributed by atoms with van der Waals surface area (Å²) in [4.78, 5) is 14.2. The molecule has 116 valence electrons. The Hall–Kier alpha value is -3.09. The summed E-state index contributed by atoms with van der Waals surface area (Å²) in [6.07, 6.45) is 2.98. The summed E-state index contributed by atoms with van der Waals surface area (Å²) in [6, 6.07) is 7.40. The molecule has 0 spiro atoms. The van der Waals surface area contributed by atoms with Crippen LogP contribution in [0.25, 0.3) is 11.3 Å². The highest BCUT2D eigenvalue weighted by molar-refractivity contribution is 6.09. The van der Waals surface area contributed by atoms with Gasteiger partial charge in [-0.05, 0) is 37.3 Å².